The molecule has 0 saturated heterocycles. The van der Waals surface area contributed by atoms with Crippen LogP contribution in [0.15, 0.2) is 48.5 Å². The molecule has 0 aliphatic carbocycles. The molecule has 116 valence electrons. The Hall–Kier alpha value is -2.21. The van der Waals surface area contributed by atoms with Crippen LogP contribution < -0.4 is 5.32 Å². The van der Waals surface area contributed by atoms with Gasteiger partial charge in [0.2, 0.25) is 0 Å². The van der Waals surface area contributed by atoms with Crippen LogP contribution in [0.1, 0.15) is 21.5 Å². The van der Waals surface area contributed by atoms with Crippen LogP contribution in [0.2, 0.25) is 0 Å². The molecule has 0 atom stereocenters. The highest BCUT2D eigenvalue weighted by Gasteiger charge is 2.09. The summed E-state index contributed by atoms with van der Waals surface area (Å²) in [5.74, 6) is -0.773. The Labute approximate surface area is 128 Å². The quantitative estimate of drug-likeness (QED) is 0.919. The molecule has 2 aromatic carbocycles. The second-order valence-corrected chi connectivity index (χ2v) is 7.18. The van der Waals surface area contributed by atoms with Crippen LogP contribution in [-0.4, -0.2) is 20.6 Å². The van der Waals surface area contributed by atoms with Crippen molar-refractivity contribution in [2.24, 2.45) is 0 Å². The van der Waals surface area contributed by atoms with E-state index in [1.165, 1.54) is 6.07 Å². The molecule has 22 heavy (non-hydrogen) atoms. The number of carbonyl (C=O) groups excluding carboxylic acids is 1. The van der Waals surface area contributed by atoms with E-state index in [2.05, 4.69) is 5.32 Å². The fourth-order valence-corrected chi connectivity index (χ4v) is 2.77. The summed E-state index contributed by atoms with van der Waals surface area (Å²) in [6.07, 6.45) is 1.15. The maximum Gasteiger partial charge on any atom is 0.251 e. The number of nitrogens with one attached hydrogen (secondary N) is 1. The summed E-state index contributed by atoms with van der Waals surface area (Å²) in [4.78, 5) is 12.0. The molecule has 0 saturated carbocycles. The first kappa shape index (κ1) is 16.2. The molecule has 0 aromatic heterocycles. The van der Waals surface area contributed by atoms with Gasteiger partial charge in [-0.1, -0.05) is 30.3 Å². The predicted octanol–water partition coefficient (Wildman–Crippen LogP) is 2.30. The molecule has 0 spiro atoms. The van der Waals surface area contributed by atoms with Gasteiger partial charge in [-0.2, -0.15) is 0 Å². The third kappa shape index (κ3) is 4.66. The molecule has 0 radical (unpaired) electrons. The van der Waals surface area contributed by atoms with E-state index in [4.69, 9.17) is 0 Å². The van der Waals surface area contributed by atoms with E-state index in [1.807, 2.05) is 0 Å². The number of hydrogen-bond acceptors (Lipinski definition) is 3. The highest BCUT2D eigenvalue weighted by atomic mass is 32.2. The van der Waals surface area contributed by atoms with Crippen molar-refractivity contribution in [2.75, 3.05) is 6.26 Å². The molecule has 0 heterocycles. The second kappa shape index (κ2) is 6.70. The number of sulfone groups is 1. The molecule has 1 N–H and O–H groups in total. The number of benzene rings is 2. The molecule has 1 amide bonds. The molecular formula is C16H16FNO3S. The minimum absolute atomic E-state index is 0.0654. The molecule has 0 bridgehead atoms. The van der Waals surface area contributed by atoms with Crippen LogP contribution in [-0.2, 0) is 22.1 Å². The van der Waals surface area contributed by atoms with Crippen LogP contribution in [0.4, 0.5) is 4.39 Å². The predicted molar refractivity (Wildman–Crippen MR) is 82.6 cm³/mol. The summed E-state index contributed by atoms with van der Waals surface area (Å²) in [6.45, 7) is 0.0938. The van der Waals surface area contributed by atoms with E-state index in [0.717, 1.165) is 6.26 Å². The summed E-state index contributed by atoms with van der Waals surface area (Å²) in [5, 5.41) is 2.63. The Morgan fingerprint density at radius 3 is 2.32 bits per heavy atom. The summed E-state index contributed by atoms with van der Waals surface area (Å²) in [5.41, 5.74) is 1.42. The maximum atomic E-state index is 13.4. The van der Waals surface area contributed by atoms with Gasteiger partial charge in [-0.05, 0) is 23.8 Å². The number of halogens is 1. The number of carbonyl (C=O) groups is 1. The van der Waals surface area contributed by atoms with Gasteiger partial charge in [-0.25, -0.2) is 12.8 Å². The van der Waals surface area contributed by atoms with E-state index in [1.54, 1.807) is 42.5 Å². The summed E-state index contributed by atoms with van der Waals surface area (Å²) in [7, 11) is -3.10. The largest absolute Gasteiger partial charge is 0.348 e. The van der Waals surface area contributed by atoms with E-state index < -0.39 is 9.84 Å². The molecule has 6 heteroatoms. The standard InChI is InChI=1S/C16H16FNO3S/c1-22(20,21)11-12-6-8-13(9-7-12)16(19)18-10-14-4-2-3-5-15(14)17/h2-9H,10-11H2,1H3,(H,18,19). The second-order valence-electron chi connectivity index (χ2n) is 5.04. The van der Waals surface area contributed by atoms with Gasteiger partial charge in [0.1, 0.15) is 5.82 Å². The Kier molecular flexibility index (Phi) is 4.92. The molecule has 2 aromatic rings. The van der Waals surface area contributed by atoms with Gasteiger partial charge in [-0.3, -0.25) is 4.79 Å². The van der Waals surface area contributed by atoms with Gasteiger partial charge in [0.15, 0.2) is 9.84 Å². The van der Waals surface area contributed by atoms with Crippen molar-refractivity contribution in [3.63, 3.8) is 0 Å². The first-order valence-electron chi connectivity index (χ1n) is 6.63. The van der Waals surface area contributed by atoms with E-state index >= 15 is 0 Å². The van der Waals surface area contributed by atoms with Gasteiger partial charge in [0, 0.05) is 23.9 Å². The summed E-state index contributed by atoms with van der Waals surface area (Å²) < 4.78 is 35.8. The zero-order valence-corrected chi connectivity index (χ0v) is 12.9. The van der Waals surface area contributed by atoms with Crippen molar-refractivity contribution >= 4 is 15.7 Å². The molecule has 0 aliphatic heterocycles. The zero-order chi connectivity index (χ0) is 16.2. The molecular weight excluding hydrogens is 305 g/mol. The lowest BCUT2D eigenvalue weighted by molar-refractivity contribution is 0.0950. The molecule has 0 aliphatic rings. The first-order valence-corrected chi connectivity index (χ1v) is 8.69. The minimum atomic E-state index is -3.10. The lowest BCUT2D eigenvalue weighted by Gasteiger charge is -2.07. The normalized spacial score (nSPS) is 11.2. The Bertz CT molecular complexity index is 770. The Morgan fingerprint density at radius 1 is 1.09 bits per heavy atom. The van der Waals surface area contributed by atoms with Crippen molar-refractivity contribution < 1.29 is 17.6 Å². The lowest BCUT2D eigenvalue weighted by Crippen LogP contribution is -2.23. The smallest absolute Gasteiger partial charge is 0.251 e. The van der Waals surface area contributed by atoms with Crippen LogP contribution >= 0.6 is 0 Å². The molecule has 2 rings (SSSR count). The number of hydrogen-bond donors (Lipinski definition) is 1. The van der Waals surface area contributed by atoms with Crippen LogP contribution in [0, 0.1) is 5.82 Å². The third-order valence-corrected chi connectivity index (χ3v) is 3.90. The van der Waals surface area contributed by atoms with Gasteiger partial charge in [0.05, 0.1) is 5.75 Å². The van der Waals surface area contributed by atoms with Gasteiger partial charge in [-0.15, -0.1) is 0 Å². The third-order valence-electron chi connectivity index (χ3n) is 3.04. The lowest BCUT2D eigenvalue weighted by atomic mass is 10.1. The monoisotopic (exact) mass is 321 g/mol. The molecule has 0 fully saturated rings. The van der Waals surface area contributed by atoms with Crippen LogP contribution in [0.3, 0.4) is 0 Å². The van der Waals surface area contributed by atoms with Crippen molar-refractivity contribution in [2.45, 2.75) is 12.3 Å². The number of rotatable bonds is 5. The average Bonchev–Trinajstić information content (AvgIpc) is 2.45. The Balaban J connectivity index is 2.00. The van der Waals surface area contributed by atoms with Crippen molar-refractivity contribution in [3.8, 4) is 0 Å². The van der Waals surface area contributed by atoms with E-state index in [9.17, 15) is 17.6 Å². The fraction of sp³-hybridized carbons (Fsp3) is 0.188. The van der Waals surface area contributed by atoms with E-state index in [-0.39, 0.29) is 24.0 Å². The topological polar surface area (TPSA) is 63.2 Å². The highest BCUT2D eigenvalue weighted by Crippen LogP contribution is 2.09. The van der Waals surface area contributed by atoms with Crippen molar-refractivity contribution in [3.05, 3.63) is 71.0 Å². The number of amides is 1. The van der Waals surface area contributed by atoms with Gasteiger partial charge >= 0.3 is 0 Å². The SMILES string of the molecule is CS(=O)(=O)Cc1ccc(C(=O)NCc2ccccc2F)cc1. The van der Waals surface area contributed by atoms with Crippen molar-refractivity contribution in [1.82, 2.24) is 5.32 Å². The Morgan fingerprint density at radius 2 is 1.73 bits per heavy atom. The molecule has 4 nitrogen and oxygen atoms in total. The average molecular weight is 321 g/mol. The first-order chi connectivity index (χ1) is 10.3. The molecule has 0 unspecified atom stereocenters. The summed E-state index contributed by atoms with van der Waals surface area (Å²) >= 11 is 0. The summed E-state index contributed by atoms with van der Waals surface area (Å²) in [6, 6.07) is 12.5. The van der Waals surface area contributed by atoms with Crippen LogP contribution in [0.25, 0.3) is 0 Å². The van der Waals surface area contributed by atoms with Crippen LogP contribution in [0.5, 0.6) is 0 Å². The van der Waals surface area contributed by atoms with E-state index in [0.29, 0.717) is 16.7 Å². The fourth-order valence-electron chi connectivity index (χ4n) is 1.97. The van der Waals surface area contributed by atoms with Gasteiger partial charge < -0.3 is 5.32 Å². The maximum absolute atomic E-state index is 13.4. The highest BCUT2D eigenvalue weighted by molar-refractivity contribution is 7.89. The van der Waals surface area contributed by atoms with Crippen molar-refractivity contribution in [1.29, 1.82) is 0 Å². The van der Waals surface area contributed by atoms with Gasteiger partial charge in [0.25, 0.3) is 5.91 Å². The minimum Gasteiger partial charge on any atom is -0.348 e. The zero-order valence-electron chi connectivity index (χ0n) is 12.0.